The molecule has 0 aromatic heterocycles. The largest absolute Gasteiger partial charge is 0.493 e. The Balaban J connectivity index is 1.72. The molecule has 0 aliphatic carbocycles. The molecule has 1 heterocycles. The second kappa shape index (κ2) is 9.36. The van der Waals surface area contributed by atoms with Gasteiger partial charge in [0.2, 0.25) is 21.8 Å². The zero-order valence-electron chi connectivity index (χ0n) is 17.6. The number of carbonyl (C=O) groups excluding carboxylic acids is 2. The highest BCUT2D eigenvalue weighted by molar-refractivity contribution is 7.89. The minimum Gasteiger partial charge on any atom is -0.493 e. The topological polar surface area (TPSA) is 114 Å². The fourth-order valence-electron chi connectivity index (χ4n) is 3.29. The van der Waals surface area contributed by atoms with Crippen LogP contribution in [0.4, 0.5) is 11.4 Å². The number of nitrogens with one attached hydrogen (secondary N) is 2. The van der Waals surface area contributed by atoms with E-state index in [2.05, 4.69) is 10.6 Å². The average molecular weight is 448 g/mol. The maximum absolute atomic E-state index is 13.0. The van der Waals surface area contributed by atoms with Crippen LogP contribution in [0.3, 0.4) is 0 Å². The van der Waals surface area contributed by atoms with Crippen molar-refractivity contribution in [1.29, 1.82) is 0 Å². The lowest BCUT2D eigenvalue weighted by atomic mass is 10.1. The van der Waals surface area contributed by atoms with Crippen molar-refractivity contribution in [3.63, 3.8) is 0 Å². The number of carbonyl (C=O) groups is 2. The van der Waals surface area contributed by atoms with Crippen LogP contribution in [0, 0.1) is 0 Å². The van der Waals surface area contributed by atoms with Gasteiger partial charge in [0.25, 0.3) is 0 Å². The zero-order chi connectivity index (χ0) is 22.6. The first-order chi connectivity index (χ1) is 14.7. The van der Waals surface area contributed by atoms with E-state index in [1.165, 1.54) is 27.3 Å². The van der Waals surface area contributed by atoms with Crippen LogP contribution in [0.2, 0.25) is 0 Å². The molecule has 2 amide bonds. The summed E-state index contributed by atoms with van der Waals surface area (Å²) >= 11 is 0. The van der Waals surface area contributed by atoms with Crippen LogP contribution >= 0.6 is 0 Å². The van der Waals surface area contributed by atoms with Gasteiger partial charge in [0.05, 0.1) is 25.7 Å². The molecule has 0 radical (unpaired) electrons. The number of benzene rings is 2. The third-order valence-electron chi connectivity index (χ3n) is 4.94. The number of amides is 2. The first kappa shape index (κ1) is 22.6. The Morgan fingerprint density at radius 3 is 2.55 bits per heavy atom. The molecule has 0 bridgehead atoms. The monoisotopic (exact) mass is 447 g/mol. The van der Waals surface area contributed by atoms with Gasteiger partial charge < -0.3 is 20.1 Å². The highest BCUT2D eigenvalue weighted by Gasteiger charge is 2.25. The highest BCUT2D eigenvalue weighted by Crippen LogP contribution is 2.30. The predicted octanol–water partition coefficient (Wildman–Crippen LogP) is 2.24. The molecular weight excluding hydrogens is 422 g/mol. The summed E-state index contributed by atoms with van der Waals surface area (Å²) in [6.07, 6.45) is 1.64. The van der Waals surface area contributed by atoms with Gasteiger partial charge in [0.15, 0.2) is 11.5 Å². The molecule has 1 aliphatic rings. The molecule has 10 heteroatoms. The molecule has 0 fully saturated rings. The summed E-state index contributed by atoms with van der Waals surface area (Å²) in [5, 5.41) is 5.43. The number of hydrogen-bond donors (Lipinski definition) is 2. The zero-order valence-corrected chi connectivity index (χ0v) is 18.4. The van der Waals surface area contributed by atoms with Crippen molar-refractivity contribution in [2.24, 2.45) is 0 Å². The SMILES string of the molecule is COc1ccc(NC(=O)CN(C)S(=O)(=O)c2ccc3c(c2)CCCC(=O)N3)cc1OC. The van der Waals surface area contributed by atoms with Crippen molar-refractivity contribution in [2.45, 2.75) is 24.2 Å². The van der Waals surface area contributed by atoms with Gasteiger partial charge in [-0.1, -0.05) is 0 Å². The first-order valence-electron chi connectivity index (χ1n) is 9.65. The van der Waals surface area contributed by atoms with Crippen LogP contribution in [-0.2, 0) is 26.0 Å². The van der Waals surface area contributed by atoms with Crippen molar-refractivity contribution in [3.8, 4) is 11.5 Å². The molecule has 0 unspecified atom stereocenters. The summed E-state index contributed by atoms with van der Waals surface area (Å²) in [7, 11) is 0.439. The normalized spacial score (nSPS) is 13.7. The number of aryl methyl sites for hydroxylation is 1. The summed E-state index contributed by atoms with van der Waals surface area (Å²) in [6, 6.07) is 9.44. The molecule has 2 aromatic rings. The van der Waals surface area contributed by atoms with Gasteiger partial charge in [-0.2, -0.15) is 4.31 Å². The second-order valence-corrected chi connectivity index (χ2v) is 9.14. The minimum atomic E-state index is -3.89. The molecular formula is C21H25N3O6S. The van der Waals surface area contributed by atoms with Gasteiger partial charge in [-0.05, 0) is 48.7 Å². The summed E-state index contributed by atoms with van der Waals surface area (Å²) in [6.45, 7) is -0.371. The number of rotatable bonds is 7. The molecule has 2 aromatic carbocycles. The van der Waals surface area contributed by atoms with Crippen molar-refractivity contribution in [2.75, 3.05) is 38.4 Å². The molecule has 31 heavy (non-hydrogen) atoms. The lowest BCUT2D eigenvalue weighted by Gasteiger charge is -2.18. The molecule has 0 saturated carbocycles. The van der Waals surface area contributed by atoms with Gasteiger partial charge in [0, 0.05) is 30.9 Å². The number of methoxy groups -OCH3 is 2. The number of fused-ring (bicyclic) bond motifs is 1. The number of anilines is 2. The van der Waals surface area contributed by atoms with Crippen LogP contribution in [-0.4, -0.2) is 52.3 Å². The van der Waals surface area contributed by atoms with Crippen LogP contribution in [0.15, 0.2) is 41.3 Å². The number of ether oxygens (including phenoxy) is 2. The van der Waals surface area contributed by atoms with Crippen LogP contribution in [0.25, 0.3) is 0 Å². The Morgan fingerprint density at radius 2 is 1.84 bits per heavy atom. The fraction of sp³-hybridized carbons (Fsp3) is 0.333. The molecule has 0 spiro atoms. The van der Waals surface area contributed by atoms with Gasteiger partial charge in [-0.3, -0.25) is 9.59 Å². The standard InChI is InChI=1S/C21H25N3O6S/c1-24(13-21(26)22-15-7-10-18(29-2)19(12-15)30-3)31(27,28)16-8-9-17-14(11-16)5-4-6-20(25)23-17/h7-12H,4-6,13H2,1-3H3,(H,22,26)(H,23,25). The molecule has 3 rings (SSSR count). The van der Waals surface area contributed by atoms with Gasteiger partial charge in [-0.25, -0.2) is 8.42 Å². The lowest BCUT2D eigenvalue weighted by Crippen LogP contribution is -2.35. The smallest absolute Gasteiger partial charge is 0.243 e. The molecule has 1 aliphatic heterocycles. The van der Waals surface area contributed by atoms with Crippen molar-refractivity contribution in [3.05, 3.63) is 42.0 Å². The van der Waals surface area contributed by atoms with E-state index in [1.54, 1.807) is 30.3 Å². The molecule has 166 valence electrons. The third kappa shape index (κ3) is 5.15. The minimum absolute atomic E-state index is 0.0730. The summed E-state index contributed by atoms with van der Waals surface area (Å²) in [4.78, 5) is 24.2. The summed E-state index contributed by atoms with van der Waals surface area (Å²) in [5.41, 5.74) is 1.83. The van der Waals surface area contributed by atoms with E-state index < -0.39 is 15.9 Å². The van der Waals surface area contributed by atoms with E-state index in [-0.39, 0.29) is 17.3 Å². The Hall–Kier alpha value is -3.11. The molecule has 0 saturated heterocycles. The Kier molecular flexibility index (Phi) is 6.81. The van der Waals surface area contributed by atoms with E-state index in [0.29, 0.717) is 42.1 Å². The average Bonchev–Trinajstić information content (AvgIpc) is 2.93. The van der Waals surface area contributed by atoms with Gasteiger partial charge in [-0.15, -0.1) is 0 Å². The Morgan fingerprint density at radius 1 is 1.10 bits per heavy atom. The van der Waals surface area contributed by atoms with E-state index in [1.807, 2.05) is 0 Å². The fourth-order valence-corrected chi connectivity index (χ4v) is 4.47. The van der Waals surface area contributed by atoms with Crippen LogP contribution < -0.4 is 20.1 Å². The van der Waals surface area contributed by atoms with E-state index in [4.69, 9.17) is 9.47 Å². The molecule has 9 nitrogen and oxygen atoms in total. The Bertz CT molecular complexity index is 1100. The maximum Gasteiger partial charge on any atom is 0.243 e. The lowest BCUT2D eigenvalue weighted by molar-refractivity contribution is -0.117. The number of likely N-dealkylation sites (N-methyl/N-ethyl adjacent to an activating group) is 1. The Labute approximate surface area is 181 Å². The molecule has 0 atom stereocenters. The summed E-state index contributed by atoms with van der Waals surface area (Å²) in [5.74, 6) is 0.372. The first-order valence-corrected chi connectivity index (χ1v) is 11.1. The molecule has 2 N–H and O–H groups in total. The highest BCUT2D eigenvalue weighted by atomic mass is 32.2. The maximum atomic E-state index is 13.0. The second-order valence-electron chi connectivity index (χ2n) is 7.10. The van der Waals surface area contributed by atoms with Crippen LogP contribution in [0.1, 0.15) is 18.4 Å². The van der Waals surface area contributed by atoms with Gasteiger partial charge >= 0.3 is 0 Å². The van der Waals surface area contributed by atoms with E-state index in [9.17, 15) is 18.0 Å². The van der Waals surface area contributed by atoms with E-state index >= 15 is 0 Å². The number of nitrogens with zero attached hydrogens (tertiary/aromatic N) is 1. The quantitative estimate of drug-likeness (QED) is 0.673. The number of hydrogen-bond acceptors (Lipinski definition) is 6. The van der Waals surface area contributed by atoms with E-state index in [0.717, 1.165) is 9.87 Å². The van der Waals surface area contributed by atoms with Crippen molar-refractivity contribution < 1.29 is 27.5 Å². The third-order valence-corrected chi connectivity index (χ3v) is 6.74. The van der Waals surface area contributed by atoms with Crippen molar-refractivity contribution in [1.82, 2.24) is 4.31 Å². The van der Waals surface area contributed by atoms with Crippen molar-refractivity contribution >= 4 is 33.2 Å². The van der Waals surface area contributed by atoms with Gasteiger partial charge in [0.1, 0.15) is 0 Å². The summed E-state index contributed by atoms with van der Waals surface area (Å²) < 4.78 is 37.3. The van der Waals surface area contributed by atoms with Crippen LogP contribution in [0.5, 0.6) is 11.5 Å². The predicted molar refractivity (Wildman–Crippen MR) is 116 cm³/mol. The number of sulfonamides is 1.